The van der Waals surface area contributed by atoms with Gasteiger partial charge in [0.1, 0.15) is 11.9 Å². The summed E-state index contributed by atoms with van der Waals surface area (Å²) in [5, 5.41) is 6.56. The van der Waals surface area contributed by atoms with E-state index < -0.39 is 0 Å². The number of hydrogen-bond donors (Lipinski definition) is 2. The van der Waals surface area contributed by atoms with Crippen LogP contribution in [0.2, 0.25) is 0 Å². The first-order valence-electron chi connectivity index (χ1n) is 7.40. The normalized spacial score (nSPS) is 12.9. The molecule has 21 heavy (non-hydrogen) atoms. The Morgan fingerprint density at radius 3 is 2.76 bits per heavy atom. The molecule has 0 aliphatic carbocycles. The highest BCUT2D eigenvalue weighted by atomic mass is 32.2. The molecule has 1 unspecified atom stereocenters. The summed E-state index contributed by atoms with van der Waals surface area (Å²) in [6, 6.07) is 8.06. The van der Waals surface area contributed by atoms with Gasteiger partial charge in [0.25, 0.3) is 0 Å². The molecule has 4 nitrogen and oxygen atoms in total. The van der Waals surface area contributed by atoms with Gasteiger partial charge in [0, 0.05) is 18.8 Å². The van der Waals surface area contributed by atoms with Gasteiger partial charge in [0.15, 0.2) is 5.96 Å². The summed E-state index contributed by atoms with van der Waals surface area (Å²) in [6.07, 6.45) is 2.14. The largest absolute Gasteiger partial charge is 0.489 e. The van der Waals surface area contributed by atoms with Crippen LogP contribution < -0.4 is 15.4 Å². The van der Waals surface area contributed by atoms with Crippen LogP contribution in [-0.2, 0) is 0 Å². The molecule has 0 amide bonds. The van der Waals surface area contributed by atoms with Gasteiger partial charge in [-0.25, -0.2) is 4.99 Å². The zero-order valence-electron chi connectivity index (χ0n) is 13.5. The van der Waals surface area contributed by atoms with Crippen molar-refractivity contribution in [3.63, 3.8) is 0 Å². The highest BCUT2D eigenvalue weighted by Crippen LogP contribution is 2.17. The summed E-state index contributed by atoms with van der Waals surface area (Å²) >= 11 is 1.82. The summed E-state index contributed by atoms with van der Waals surface area (Å²) in [5.74, 6) is 2.85. The van der Waals surface area contributed by atoms with E-state index in [2.05, 4.69) is 41.8 Å². The lowest BCUT2D eigenvalue weighted by Gasteiger charge is -2.16. The Hall–Kier alpha value is -1.36. The second-order valence-electron chi connectivity index (χ2n) is 4.83. The van der Waals surface area contributed by atoms with E-state index in [1.54, 1.807) is 0 Å². The molecule has 1 atom stereocenters. The smallest absolute Gasteiger partial charge is 0.191 e. The van der Waals surface area contributed by atoms with E-state index in [9.17, 15) is 0 Å². The molecule has 1 aromatic rings. The lowest BCUT2D eigenvalue weighted by Crippen LogP contribution is -2.39. The zero-order valence-corrected chi connectivity index (χ0v) is 14.3. The molecule has 0 fully saturated rings. The average Bonchev–Trinajstić information content (AvgIpc) is 2.47. The number of aryl methyl sites for hydroxylation is 1. The number of benzene rings is 1. The van der Waals surface area contributed by atoms with Gasteiger partial charge in [0.2, 0.25) is 0 Å². The molecule has 0 saturated heterocycles. The Bertz CT molecular complexity index is 437. The average molecular weight is 309 g/mol. The molecule has 0 aromatic heterocycles. The number of guanidine groups is 1. The predicted octanol–water partition coefficient (Wildman–Crippen LogP) is 2.68. The molecule has 0 radical (unpaired) electrons. The quantitative estimate of drug-likeness (QED) is 0.440. The van der Waals surface area contributed by atoms with E-state index in [0.717, 1.165) is 36.1 Å². The first kappa shape index (κ1) is 17.7. The number of rotatable bonds is 8. The monoisotopic (exact) mass is 309 g/mol. The number of nitrogens with one attached hydrogen (secondary N) is 2. The van der Waals surface area contributed by atoms with Crippen LogP contribution in [0.1, 0.15) is 19.4 Å². The molecule has 5 heteroatoms. The van der Waals surface area contributed by atoms with Crippen molar-refractivity contribution < 1.29 is 4.74 Å². The molecule has 0 aliphatic heterocycles. The minimum Gasteiger partial charge on any atom is -0.489 e. The van der Waals surface area contributed by atoms with Crippen LogP contribution in [-0.4, -0.2) is 43.7 Å². The van der Waals surface area contributed by atoms with Crippen molar-refractivity contribution in [1.82, 2.24) is 10.6 Å². The Labute approximate surface area is 132 Å². The standard InChI is InChI=1S/C16H27N3OS/c1-5-17-16(18-10-11-21-4)19-12-14(3)20-15-9-7-6-8-13(15)2/h6-9,14H,5,10-12H2,1-4H3,(H2,17,18,19). The predicted molar refractivity (Wildman–Crippen MR) is 93.6 cm³/mol. The van der Waals surface area contributed by atoms with Gasteiger partial charge in [-0.3, -0.25) is 0 Å². The van der Waals surface area contributed by atoms with E-state index in [4.69, 9.17) is 4.74 Å². The van der Waals surface area contributed by atoms with Crippen LogP contribution in [0.5, 0.6) is 5.75 Å². The fourth-order valence-corrected chi connectivity index (χ4v) is 2.08. The van der Waals surface area contributed by atoms with E-state index >= 15 is 0 Å². The summed E-state index contributed by atoms with van der Waals surface area (Å²) < 4.78 is 5.93. The number of ether oxygens (including phenoxy) is 1. The van der Waals surface area contributed by atoms with Crippen molar-refractivity contribution in [1.29, 1.82) is 0 Å². The molecule has 0 spiro atoms. The van der Waals surface area contributed by atoms with Gasteiger partial charge in [-0.2, -0.15) is 11.8 Å². The van der Waals surface area contributed by atoms with Gasteiger partial charge in [-0.15, -0.1) is 0 Å². The maximum Gasteiger partial charge on any atom is 0.191 e. The van der Waals surface area contributed by atoms with E-state index in [0.29, 0.717) is 6.54 Å². The highest BCUT2D eigenvalue weighted by Gasteiger charge is 2.06. The molecule has 1 aromatic carbocycles. The van der Waals surface area contributed by atoms with Crippen LogP contribution in [0, 0.1) is 6.92 Å². The molecule has 1 rings (SSSR count). The molecular weight excluding hydrogens is 282 g/mol. The summed E-state index contributed by atoms with van der Waals surface area (Å²) in [7, 11) is 0. The van der Waals surface area contributed by atoms with E-state index in [1.807, 2.05) is 36.9 Å². The van der Waals surface area contributed by atoms with Gasteiger partial charge < -0.3 is 15.4 Å². The van der Waals surface area contributed by atoms with Crippen molar-refractivity contribution in [3.8, 4) is 5.75 Å². The van der Waals surface area contributed by atoms with Crippen molar-refractivity contribution in [3.05, 3.63) is 29.8 Å². The maximum atomic E-state index is 5.93. The highest BCUT2D eigenvalue weighted by molar-refractivity contribution is 7.98. The van der Waals surface area contributed by atoms with Crippen molar-refractivity contribution in [2.24, 2.45) is 4.99 Å². The van der Waals surface area contributed by atoms with Gasteiger partial charge >= 0.3 is 0 Å². The zero-order chi connectivity index (χ0) is 15.5. The first-order valence-corrected chi connectivity index (χ1v) is 8.80. The number of nitrogens with zero attached hydrogens (tertiary/aromatic N) is 1. The fourth-order valence-electron chi connectivity index (χ4n) is 1.78. The lowest BCUT2D eigenvalue weighted by molar-refractivity contribution is 0.228. The minimum atomic E-state index is 0.0436. The number of thioether (sulfide) groups is 1. The summed E-state index contributed by atoms with van der Waals surface area (Å²) in [6.45, 7) is 8.57. The molecule has 0 bridgehead atoms. The number of hydrogen-bond acceptors (Lipinski definition) is 3. The second kappa shape index (κ2) is 10.4. The summed E-state index contributed by atoms with van der Waals surface area (Å²) in [4.78, 5) is 4.57. The Morgan fingerprint density at radius 2 is 2.10 bits per heavy atom. The van der Waals surface area contributed by atoms with Crippen LogP contribution in [0.3, 0.4) is 0 Å². The third-order valence-corrected chi connectivity index (χ3v) is 3.48. The molecule has 0 heterocycles. The molecule has 2 N–H and O–H groups in total. The molecule has 0 saturated carbocycles. The van der Waals surface area contributed by atoms with Crippen LogP contribution in [0.25, 0.3) is 0 Å². The third kappa shape index (κ3) is 7.27. The van der Waals surface area contributed by atoms with Crippen molar-refractivity contribution in [2.45, 2.75) is 26.9 Å². The minimum absolute atomic E-state index is 0.0436. The number of para-hydroxylation sites is 1. The molecule has 0 aliphatic rings. The van der Waals surface area contributed by atoms with Crippen LogP contribution in [0.15, 0.2) is 29.3 Å². The molecule has 118 valence electrons. The van der Waals surface area contributed by atoms with Crippen molar-refractivity contribution >= 4 is 17.7 Å². The van der Waals surface area contributed by atoms with E-state index in [-0.39, 0.29) is 6.10 Å². The Morgan fingerprint density at radius 1 is 1.33 bits per heavy atom. The fraction of sp³-hybridized carbons (Fsp3) is 0.562. The van der Waals surface area contributed by atoms with Crippen LogP contribution >= 0.6 is 11.8 Å². The van der Waals surface area contributed by atoms with Crippen molar-refractivity contribution in [2.75, 3.05) is 31.6 Å². The van der Waals surface area contributed by atoms with Gasteiger partial charge in [-0.05, 0) is 38.7 Å². The van der Waals surface area contributed by atoms with Crippen LogP contribution in [0.4, 0.5) is 0 Å². The second-order valence-corrected chi connectivity index (χ2v) is 5.82. The SMILES string of the molecule is CCNC(=NCC(C)Oc1ccccc1C)NCCSC. The number of aliphatic imine (C=N–C) groups is 1. The Kier molecular flexibility index (Phi) is 8.74. The third-order valence-electron chi connectivity index (χ3n) is 2.87. The topological polar surface area (TPSA) is 45.7 Å². The van der Waals surface area contributed by atoms with Gasteiger partial charge in [-0.1, -0.05) is 18.2 Å². The summed E-state index contributed by atoms with van der Waals surface area (Å²) in [5.41, 5.74) is 1.15. The Balaban J connectivity index is 2.48. The molecular formula is C16H27N3OS. The maximum absolute atomic E-state index is 5.93. The van der Waals surface area contributed by atoms with E-state index in [1.165, 1.54) is 0 Å². The first-order chi connectivity index (χ1) is 10.2. The van der Waals surface area contributed by atoms with Gasteiger partial charge in [0.05, 0.1) is 6.54 Å². The lowest BCUT2D eigenvalue weighted by atomic mass is 10.2.